The monoisotopic (exact) mass is 491 g/mol. The Labute approximate surface area is 209 Å². The van der Waals surface area contributed by atoms with Crippen molar-refractivity contribution in [3.63, 3.8) is 0 Å². The second-order valence-corrected chi connectivity index (χ2v) is 10.0. The highest BCUT2D eigenvalue weighted by Crippen LogP contribution is 2.36. The molecular weight excluding hydrogens is 462 g/mol. The molecule has 2 aromatic carbocycles. The number of nitrogens with zero attached hydrogens (tertiary/aromatic N) is 2. The summed E-state index contributed by atoms with van der Waals surface area (Å²) in [6, 6.07) is 11.2. The van der Waals surface area contributed by atoms with E-state index in [-0.39, 0.29) is 24.1 Å². The number of aromatic nitrogens is 1. The predicted octanol–water partition coefficient (Wildman–Crippen LogP) is 5.47. The van der Waals surface area contributed by atoms with Crippen LogP contribution in [-0.4, -0.2) is 35.2 Å². The van der Waals surface area contributed by atoms with Crippen LogP contribution in [0.4, 0.5) is 10.8 Å². The van der Waals surface area contributed by atoms with Crippen molar-refractivity contribution in [1.82, 2.24) is 4.98 Å². The Morgan fingerprint density at radius 1 is 1.11 bits per heavy atom. The zero-order valence-electron chi connectivity index (χ0n) is 20.6. The van der Waals surface area contributed by atoms with E-state index in [1.54, 1.807) is 25.1 Å². The van der Waals surface area contributed by atoms with Crippen LogP contribution in [0.5, 0.6) is 5.75 Å². The quantitative estimate of drug-likeness (QED) is 0.443. The van der Waals surface area contributed by atoms with Crippen LogP contribution in [-0.2, 0) is 9.59 Å². The summed E-state index contributed by atoms with van der Waals surface area (Å²) in [7, 11) is 0. The molecule has 0 saturated carbocycles. The maximum atomic E-state index is 13.0. The van der Waals surface area contributed by atoms with Crippen molar-refractivity contribution in [3.05, 3.63) is 58.0 Å². The van der Waals surface area contributed by atoms with E-state index in [9.17, 15) is 14.4 Å². The van der Waals surface area contributed by atoms with Gasteiger partial charge in [0.05, 0.1) is 11.4 Å². The highest BCUT2D eigenvalue weighted by atomic mass is 32.1. The summed E-state index contributed by atoms with van der Waals surface area (Å²) in [5, 5.41) is 3.31. The summed E-state index contributed by atoms with van der Waals surface area (Å²) in [6.07, 6.45) is 0.411. The van der Waals surface area contributed by atoms with Gasteiger partial charge in [-0.25, -0.2) is 4.98 Å². The fourth-order valence-electron chi connectivity index (χ4n) is 4.02. The van der Waals surface area contributed by atoms with Gasteiger partial charge in [-0.3, -0.25) is 19.3 Å². The molecule has 0 saturated heterocycles. The molecule has 0 fully saturated rings. The number of Topliss-reactive ketones (excluding diaryl/α,β-unsaturated/α-hetero) is 1. The van der Waals surface area contributed by atoms with E-state index < -0.39 is 6.10 Å². The average Bonchev–Trinajstić information content (AvgIpc) is 3.18. The van der Waals surface area contributed by atoms with E-state index in [1.165, 1.54) is 27.4 Å². The standard InChI is InChI=1S/C27H29N3O4S/c1-6-7-22(31)19-10-11-23-21(13-19)30(26(33)17(4)34-23)14-24(32)28-27-29-25(18(5)35-27)20-9-8-15(2)16(3)12-20/h8-13,17H,6-7,14H2,1-5H3,(H,28,29,32). The number of benzene rings is 2. The molecule has 7 nitrogen and oxygen atoms in total. The Kier molecular flexibility index (Phi) is 7.03. The molecule has 2 heterocycles. The van der Waals surface area contributed by atoms with Crippen molar-refractivity contribution in [2.45, 2.75) is 53.6 Å². The zero-order valence-corrected chi connectivity index (χ0v) is 21.4. The van der Waals surface area contributed by atoms with Crippen LogP contribution < -0.4 is 15.0 Å². The largest absolute Gasteiger partial charge is 0.479 e. The molecule has 0 bridgehead atoms. The van der Waals surface area contributed by atoms with Gasteiger partial charge in [0.25, 0.3) is 5.91 Å². The number of thiazole rings is 1. The van der Waals surface area contributed by atoms with E-state index in [0.717, 1.165) is 22.6 Å². The van der Waals surface area contributed by atoms with Gasteiger partial charge in [-0.1, -0.05) is 19.1 Å². The fourth-order valence-corrected chi connectivity index (χ4v) is 4.88. The molecule has 0 radical (unpaired) electrons. The minimum absolute atomic E-state index is 0.0112. The SMILES string of the molecule is CCCC(=O)c1ccc2c(c1)N(CC(=O)Nc1nc(-c3ccc(C)c(C)c3)c(C)s1)C(=O)C(C)O2. The molecule has 4 rings (SSSR count). The molecule has 0 spiro atoms. The molecule has 1 unspecified atom stereocenters. The van der Waals surface area contributed by atoms with Crippen molar-refractivity contribution in [2.75, 3.05) is 16.8 Å². The van der Waals surface area contributed by atoms with Crippen LogP contribution in [0.3, 0.4) is 0 Å². The summed E-state index contributed by atoms with van der Waals surface area (Å²) in [5.74, 6) is -0.245. The topological polar surface area (TPSA) is 88.6 Å². The zero-order chi connectivity index (χ0) is 25.3. The lowest BCUT2D eigenvalue weighted by Crippen LogP contribution is -2.47. The molecule has 35 heavy (non-hydrogen) atoms. The van der Waals surface area contributed by atoms with Gasteiger partial charge in [-0.15, -0.1) is 11.3 Å². The summed E-state index contributed by atoms with van der Waals surface area (Å²) < 4.78 is 5.71. The van der Waals surface area contributed by atoms with Gasteiger partial charge in [0.1, 0.15) is 12.3 Å². The van der Waals surface area contributed by atoms with Crippen LogP contribution >= 0.6 is 11.3 Å². The highest BCUT2D eigenvalue weighted by Gasteiger charge is 2.33. The van der Waals surface area contributed by atoms with Crippen molar-refractivity contribution < 1.29 is 19.1 Å². The van der Waals surface area contributed by atoms with Crippen molar-refractivity contribution >= 4 is 39.8 Å². The molecule has 0 aliphatic carbocycles. The van der Waals surface area contributed by atoms with Gasteiger partial charge in [-0.05, 0) is 69.5 Å². The van der Waals surface area contributed by atoms with Crippen LogP contribution in [0.2, 0.25) is 0 Å². The predicted molar refractivity (Wildman–Crippen MR) is 139 cm³/mol. The highest BCUT2D eigenvalue weighted by molar-refractivity contribution is 7.16. The number of ketones is 1. The number of hydrogen-bond acceptors (Lipinski definition) is 6. The first kappa shape index (κ1) is 24.6. The van der Waals surface area contributed by atoms with Gasteiger partial charge >= 0.3 is 0 Å². The van der Waals surface area contributed by atoms with E-state index in [0.29, 0.717) is 28.6 Å². The van der Waals surface area contributed by atoms with Crippen LogP contribution in [0.25, 0.3) is 11.3 Å². The average molecular weight is 492 g/mol. The third kappa shape index (κ3) is 5.12. The number of anilines is 2. The number of nitrogens with one attached hydrogen (secondary N) is 1. The minimum atomic E-state index is -0.731. The van der Waals surface area contributed by atoms with Gasteiger partial charge in [0.15, 0.2) is 17.0 Å². The third-order valence-electron chi connectivity index (χ3n) is 6.09. The maximum absolute atomic E-state index is 13.0. The number of carbonyl (C=O) groups is 3. The number of hydrogen-bond donors (Lipinski definition) is 1. The van der Waals surface area contributed by atoms with E-state index >= 15 is 0 Å². The number of carbonyl (C=O) groups excluding carboxylic acids is 3. The van der Waals surface area contributed by atoms with E-state index in [1.807, 2.05) is 19.9 Å². The number of ether oxygens (including phenoxy) is 1. The second kappa shape index (κ2) is 10.00. The van der Waals surface area contributed by atoms with Crippen LogP contribution in [0.1, 0.15) is 53.1 Å². The second-order valence-electron chi connectivity index (χ2n) is 8.81. The summed E-state index contributed by atoms with van der Waals surface area (Å²) >= 11 is 1.39. The smallest absolute Gasteiger partial charge is 0.268 e. The Balaban J connectivity index is 1.55. The van der Waals surface area contributed by atoms with Crippen LogP contribution in [0, 0.1) is 20.8 Å². The third-order valence-corrected chi connectivity index (χ3v) is 6.98. The molecule has 1 aliphatic heterocycles. The lowest BCUT2D eigenvalue weighted by atomic mass is 10.0. The fraction of sp³-hybridized carbons (Fsp3) is 0.333. The molecule has 8 heteroatoms. The first-order chi connectivity index (χ1) is 16.7. The van der Waals surface area contributed by atoms with Crippen molar-refractivity contribution in [3.8, 4) is 17.0 Å². The molecule has 1 aromatic heterocycles. The number of aryl methyl sites for hydroxylation is 3. The van der Waals surface area contributed by atoms with Gasteiger partial charge in [-0.2, -0.15) is 0 Å². The normalized spacial score (nSPS) is 14.9. The van der Waals surface area contributed by atoms with E-state index in [4.69, 9.17) is 4.74 Å². The lowest BCUT2D eigenvalue weighted by molar-refractivity contribution is -0.127. The first-order valence-electron chi connectivity index (χ1n) is 11.7. The van der Waals surface area contributed by atoms with Gasteiger partial charge in [0.2, 0.25) is 5.91 Å². The minimum Gasteiger partial charge on any atom is -0.479 e. The Hall–Kier alpha value is -3.52. The van der Waals surface area contributed by atoms with Crippen LogP contribution in [0.15, 0.2) is 36.4 Å². The maximum Gasteiger partial charge on any atom is 0.268 e. The number of fused-ring (bicyclic) bond motifs is 1. The first-order valence-corrected chi connectivity index (χ1v) is 12.5. The molecule has 1 N–H and O–H groups in total. The molecule has 2 amide bonds. The molecule has 3 aromatic rings. The Morgan fingerprint density at radius 2 is 1.89 bits per heavy atom. The van der Waals surface area contributed by atoms with Crippen molar-refractivity contribution in [1.29, 1.82) is 0 Å². The Bertz CT molecular complexity index is 1310. The molecular formula is C27H29N3O4S. The van der Waals surface area contributed by atoms with Crippen molar-refractivity contribution in [2.24, 2.45) is 0 Å². The summed E-state index contributed by atoms with van der Waals surface area (Å²) in [6.45, 7) is 9.47. The summed E-state index contributed by atoms with van der Waals surface area (Å²) in [4.78, 5) is 45.3. The van der Waals surface area contributed by atoms with Gasteiger partial charge in [0, 0.05) is 22.4 Å². The van der Waals surface area contributed by atoms with E-state index in [2.05, 4.69) is 36.3 Å². The molecule has 1 atom stereocenters. The number of rotatable bonds is 7. The lowest BCUT2D eigenvalue weighted by Gasteiger charge is -2.32. The van der Waals surface area contributed by atoms with Gasteiger partial charge < -0.3 is 10.1 Å². The Morgan fingerprint density at radius 3 is 2.60 bits per heavy atom. The summed E-state index contributed by atoms with van der Waals surface area (Å²) in [5.41, 5.74) is 5.13. The molecule has 182 valence electrons. The number of amides is 2. The molecule has 1 aliphatic rings.